The summed E-state index contributed by atoms with van der Waals surface area (Å²) in [6.07, 6.45) is 6.68. The molecule has 2 rings (SSSR count). The molecular formula is C17H28N2. The van der Waals surface area contributed by atoms with E-state index in [0.29, 0.717) is 5.92 Å². The van der Waals surface area contributed by atoms with Gasteiger partial charge in [0, 0.05) is 25.8 Å². The second kappa shape index (κ2) is 6.42. The molecule has 0 aliphatic heterocycles. The van der Waals surface area contributed by atoms with Gasteiger partial charge in [-0.05, 0) is 42.4 Å². The van der Waals surface area contributed by atoms with Gasteiger partial charge in [0.25, 0.3) is 0 Å². The molecule has 1 aliphatic rings. The summed E-state index contributed by atoms with van der Waals surface area (Å²) in [7, 11) is 4.14. The van der Waals surface area contributed by atoms with Gasteiger partial charge in [0.1, 0.15) is 0 Å². The fourth-order valence-corrected chi connectivity index (χ4v) is 3.30. The van der Waals surface area contributed by atoms with Crippen molar-refractivity contribution >= 4 is 5.69 Å². The molecule has 0 spiro atoms. The Labute approximate surface area is 118 Å². The van der Waals surface area contributed by atoms with Crippen molar-refractivity contribution < 1.29 is 0 Å². The number of rotatable bonds is 4. The van der Waals surface area contributed by atoms with E-state index in [9.17, 15) is 0 Å². The maximum Gasteiger partial charge on any atom is 0.0361 e. The zero-order valence-electron chi connectivity index (χ0n) is 12.6. The van der Waals surface area contributed by atoms with Gasteiger partial charge in [-0.25, -0.2) is 0 Å². The quantitative estimate of drug-likeness (QED) is 0.887. The van der Waals surface area contributed by atoms with Gasteiger partial charge < -0.3 is 10.6 Å². The Morgan fingerprint density at radius 2 is 1.89 bits per heavy atom. The number of nitrogens with zero attached hydrogens (tertiary/aromatic N) is 1. The van der Waals surface area contributed by atoms with Crippen LogP contribution >= 0.6 is 0 Å². The van der Waals surface area contributed by atoms with Gasteiger partial charge >= 0.3 is 0 Å². The van der Waals surface area contributed by atoms with Crippen molar-refractivity contribution in [1.82, 2.24) is 0 Å². The lowest BCUT2D eigenvalue weighted by atomic mass is 9.75. The second-order valence-electron chi connectivity index (χ2n) is 6.21. The third-order valence-electron chi connectivity index (χ3n) is 4.70. The minimum Gasteiger partial charge on any atom is -0.378 e. The van der Waals surface area contributed by atoms with E-state index in [2.05, 4.69) is 50.2 Å². The lowest BCUT2D eigenvalue weighted by molar-refractivity contribution is 0.230. The fraction of sp³-hybridized carbons (Fsp3) is 0.647. The molecule has 0 amide bonds. The minimum absolute atomic E-state index is 0.213. The molecule has 3 atom stereocenters. The average molecular weight is 260 g/mol. The summed E-state index contributed by atoms with van der Waals surface area (Å²) in [5.41, 5.74) is 9.04. The molecule has 2 heteroatoms. The molecule has 0 heterocycles. The highest BCUT2D eigenvalue weighted by molar-refractivity contribution is 5.46. The highest BCUT2D eigenvalue weighted by atomic mass is 15.1. The monoisotopic (exact) mass is 260 g/mol. The van der Waals surface area contributed by atoms with E-state index in [1.54, 1.807) is 0 Å². The van der Waals surface area contributed by atoms with Crippen LogP contribution in [0.1, 0.15) is 50.6 Å². The molecule has 106 valence electrons. The predicted octanol–water partition coefficient (Wildman–Crippen LogP) is 3.97. The van der Waals surface area contributed by atoms with Crippen LogP contribution in [-0.4, -0.2) is 14.1 Å². The Hall–Kier alpha value is -1.02. The Balaban J connectivity index is 2.04. The van der Waals surface area contributed by atoms with E-state index in [1.807, 2.05) is 0 Å². The Bertz CT molecular complexity index is 383. The van der Waals surface area contributed by atoms with E-state index in [4.69, 9.17) is 5.73 Å². The normalized spacial score (nSPS) is 25.1. The van der Waals surface area contributed by atoms with Gasteiger partial charge in [-0.15, -0.1) is 0 Å². The molecule has 3 unspecified atom stereocenters. The molecule has 2 N–H and O–H groups in total. The molecule has 19 heavy (non-hydrogen) atoms. The van der Waals surface area contributed by atoms with Crippen LogP contribution in [0.15, 0.2) is 24.3 Å². The topological polar surface area (TPSA) is 29.3 Å². The molecule has 2 nitrogen and oxygen atoms in total. The minimum atomic E-state index is 0.213. The summed E-state index contributed by atoms with van der Waals surface area (Å²) >= 11 is 0. The van der Waals surface area contributed by atoms with Crippen LogP contribution < -0.4 is 10.6 Å². The van der Waals surface area contributed by atoms with Crippen LogP contribution in [0.5, 0.6) is 0 Å². The van der Waals surface area contributed by atoms with Gasteiger partial charge in [-0.2, -0.15) is 0 Å². The summed E-state index contributed by atoms with van der Waals surface area (Å²) in [5.74, 6) is 1.56. The van der Waals surface area contributed by atoms with Crippen molar-refractivity contribution in [2.75, 3.05) is 19.0 Å². The lowest BCUT2D eigenvalue weighted by Gasteiger charge is -2.32. The Morgan fingerprint density at radius 3 is 2.47 bits per heavy atom. The molecule has 1 aromatic carbocycles. The number of benzene rings is 1. The molecule has 0 aromatic heterocycles. The van der Waals surface area contributed by atoms with Crippen LogP contribution in [-0.2, 0) is 0 Å². The van der Waals surface area contributed by atoms with Crippen LogP contribution in [0.4, 0.5) is 5.69 Å². The third kappa shape index (κ3) is 3.50. The maximum atomic E-state index is 6.50. The zero-order chi connectivity index (χ0) is 13.8. The van der Waals surface area contributed by atoms with Gasteiger partial charge in [0.15, 0.2) is 0 Å². The molecule has 1 aliphatic carbocycles. The summed E-state index contributed by atoms with van der Waals surface area (Å²) in [6.45, 7) is 2.31. The van der Waals surface area contributed by atoms with Crippen LogP contribution in [0.25, 0.3) is 0 Å². The Morgan fingerprint density at radius 1 is 1.21 bits per heavy atom. The van der Waals surface area contributed by atoms with E-state index < -0.39 is 0 Å². The molecular weight excluding hydrogens is 232 g/mol. The maximum absolute atomic E-state index is 6.50. The smallest absolute Gasteiger partial charge is 0.0361 e. The van der Waals surface area contributed by atoms with Crippen molar-refractivity contribution in [3.8, 4) is 0 Å². The molecule has 1 fully saturated rings. The third-order valence-corrected chi connectivity index (χ3v) is 4.70. The van der Waals surface area contributed by atoms with E-state index in [0.717, 1.165) is 5.92 Å². The van der Waals surface area contributed by atoms with Crippen molar-refractivity contribution in [2.45, 2.75) is 45.1 Å². The fourth-order valence-electron chi connectivity index (χ4n) is 3.30. The summed E-state index contributed by atoms with van der Waals surface area (Å²) in [5, 5.41) is 0. The predicted molar refractivity (Wildman–Crippen MR) is 83.4 cm³/mol. The molecule has 1 aromatic rings. The van der Waals surface area contributed by atoms with Gasteiger partial charge in [-0.3, -0.25) is 0 Å². The number of hydrogen-bond acceptors (Lipinski definition) is 2. The molecule has 0 bridgehead atoms. The number of hydrogen-bond donors (Lipinski definition) is 1. The summed E-state index contributed by atoms with van der Waals surface area (Å²) in [6, 6.07) is 8.97. The first kappa shape index (κ1) is 14.4. The average Bonchev–Trinajstić information content (AvgIpc) is 2.46. The highest BCUT2D eigenvalue weighted by Crippen LogP contribution is 2.37. The molecule has 0 saturated heterocycles. The lowest BCUT2D eigenvalue weighted by Crippen LogP contribution is -2.26. The van der Waals surface area contributed by atoms with E-state index >= 15 is 0 Å². The van der Waals surface area contributed by atoms with Crippen molar-refractivity contribution in [3.63, 3.8) is 0 Å². The largest absolute Gasteiger partial charge is 0.378 e. The van der Waals surface area contributed by atoms with Gasteiger partial charge in [0.2, 0.25) is 0 Å². The number of anilines is 1. The highest BCUT2D eigenvalue weighted by Gasteiger charge is 2.26. The number of nitrogens with two attached hydrogens (primary N) is 1. The van der Waals surface area contributed by atoms with E-state index in [1.165, 1.54) is 43.4 Å². The standard InChI is InChI=1S/C17H28N2/c1-4-13-6-5-7-15(12-13)17(18)14-8-10-16(11-9-14)19(2)3/h8-11,13,15,17H,4-7,12,18H2,1-3H3. The first-order chi connectivity index (χ1) is 9.11. The zero-order valence-corrected chi connectivity index (χ0v) is 12.6. The Kier molecular flexibility index (Phi) is 4.87. The van der Waals surface area contributed by atoms with Crippen molar-refractivity contribution in [1.29, 1.82) is 0 Å². The first-order valence-corrected chi connectivity index (χ1v) is 7.64. The van der Waals surface area contributed by atoms with Crippen LogP contribution in [0.3, 0.4) is 0 Å². The van der Waals surface area contributed by atoms with Gasteiger partial charge in [0.05, 0.1) is 0 Å². The van der Waals surface area contributed by atoms with Gasteiger partial charge in [-0.1, -0.05) is 38.3 Å². The first-order valence-electron chi connectivity index (χ1n) is 7.64. The summed E-state index contributed by atoms with van der Waals surface area (Å²) < 4.78 is 0. The molecule has 0 radical (unpaired) electrons. The van der Waals surface area contributed by atoms with E-state index in [-0.39, 0.29) is 6.04 Å². The summed E-state index contributed by atoms with van der Waals surface area (Å²) in [4.78, 5) is 2.13. The van der Waals surface area contributed by atoms with Crippen molar-refractivity contribution in [3.05, 3.63) is 29.8 Å². The SMILES string of the molecule is CCC1CCCC(C(N)c2ccc(N(C)C)cc2)C1. The van der Waals surface area contributed by atoms with Crippen LogP contribution in [0, 0.1) is 11.8 Å². The van der Waals surface area contributed by atoms with Crippen molar-refractivity contribution in [2.24, 2.45) is 17.6 Å². The van der Waals surface area contributed by atoms with Crippen LogP contribution in [0.2, 0.25) is 0 Å². The molecule has 1 saturated carbocycles. The second-order valence-corrected chi connectivity index (χ2v) is 6.21.